The number of rotatable bonds is 4. The lowest BCUT2D eigenvalue weighted by Crippen LogP contribution is -2.21. The molecular weight excluding hydrogens is 253 g/mol. The van der Waals surface area contributed by atoms with Crippen LogP contribution in [-0.4, -0.2) is 22.4 Å². The van der Waals surface area contributed by atoms with Gasteiger partial charge < -0.3 is 15.6 Å². The molecule has 0 aromatic carbocycles. The van der Waals surface area contributed by atoms with E-state index in [-0.39, 0.29) is 17.8 Å². The Hall–Kier alpha value is -1.83. The maximum atomic E-state index is 12.3. The molecule has 18 heavy (non-hydrogen) atoms. The largest absolute Gasteiger partial charge is 0.573 e. The number of carbonyl (C=O) groups is 1. The van der Waals surface area contributed by atoms with Crippen molar-refractivity contribution in [3.8, 4) is 5.75 Å². The minimum Gasteiger partial charge on any atom is -0.481 e. The Bertz CT molecular complexity index is 460. The molecular formula is C10H11F3N2O3. The number of carboxylic acid groups (broad SMARTS) is 1. The van der Waals surface area contributed by atoms with Crippen LogP contribution in [0.2, 0.25) is 0 Å². The van der Waals surface area contributed by atoms with Gasteiger partial charge in [-0.3, -0.25) is 9.78 Å². The maximum absolute atomic E-state index is 12.3. The number of carboxylic acids is 1. The van der Waals surface area contributed by atoms with Gasteiger partial charge in [-0.05, 0) is 12.5 Å². The molecule has 0 aliphatic rings. The standard InChI is InChI=1S/C10H11F3N2O3/c1-5-4-15-7(3-14)9(18-10(11,12)13)6(5)2-8(16)17/h4H,2-3,14H2,1H3,(H,16,17). The number of aryl methyl sites for hydroxylation is 1. The first kappa shape index (κ1) is 14.2. The molecule has 0 saturated carbocycles. The van der Waals surface area contributed by atoms with E-state index in [1.807, 2.05) is 0 Å². The minimum atomic E-state index is -4.92. The van der Waals surface area contributed by atoms with Crippen molar-refractivity contribution >= 4 is 5.97 Å². The van der Waals surface area contributed by atoms with Gasteiger partial charge in [-0.2, -0.15) is 0 Å². The van der Waals surface area contributed by atoms with Crippen molar-refractivity contribution in [2.24, 2.45) is 5.73 Å². The summed E-state index contributed by atoms with van der Waals surface area (Å²) >= 11 is 0. The molecule has 5 nitrogen and oxygen atoms in total. The summed E-state index contributed by atoms with van der Waals surface area (Å²) in [5.41, 5.74) is 5.36. The van der Waals surface area contributed by atoms with E-state index in [1.54, 1.807) is 0 Å². The Kier molecular flexibility index (Phi) is 4.12. The molecule has 1 heterocycles. The fraction of sp³-hybridized carbons (Fsp3) is 0.400. The normalized spacial score (nSPS) is 11.4. The molecule has 0 atom stereocenters. The number of aromatic nitrogens is 1. The molecule has 0 spiro atoms. The summed E-state index contributed by atoms with van der Waals surface area (Å²) < 4.78 is 40.6. The smallest absolute Gasteiger partial charge is 0.481 e. The van der Waals surface area contributed by atoms with Gasteiger partial charge in [0.25, 0.3) is 0 Å². The highest BCUT2D eigenvalue weighted by molar-refractivity contribution is 5.72. The number of ether oxygens (including phenoxy) is 1. The number of hydrogen-bond acceptors (Lipinski definition) is 4. The molecule has 3 N–H and O–H groups in total. The highest BCUT2D eigenvalue weighted by atomic mass is 19.4. The van der Waals surface area contributed by atoms with Crippen LogP contribution in [0.25, 0.3) is 0 Å². The first-order chi connectivity index (χ1) is 8.24. The second-order valence-corrected chi connectivity index (χ2v) is 3.52. The van der Waals surface area contributed by atoms with E-state index in [0.717, 1.165) is 0 Å². The molecule has 1 rings (SSSR count). The Morgan fingerprint density at radius 2 is 2.17 bits per heavy atom. The van der Waals surface area contributed by atoms with Gasteiger partial charge in [-0.25, -0.2) is 0 Å². The zero-order valence-corrected chi connectivity index (χ0v) is 9.41. The van der Waals surface area contributed by atoms with Crippen molar-refractivity contribution in [3.05, 3.63) is 23.0 Å². The lowest BCUT2D eigenvalue weighted by molar-refractivity contribution is -0.275. The Morgan fingerprint density at radius 1 is 1.56 bits per heavy atom. The highest BCUT2D eigenvalue weighted by Gasteiger charge is 2.34. The second-order valence-electron chi connectivity index (χ2n) is 3.52. The third kappa shape index (κ3) is 3.59. The van der Waals surface area contributed by atoms with Crippen LogP contribution in [0.5, 0.6) is 5.75 Å². The van der Waals surface area contributed by atoms with Crippen molar-refractivity contribution in [2.75, 3.05) is 0 Å². The van der Waals surface area contributed by atoms with Crippen LogP contribution in [0, 0.1) is 6.92 Å². The van der Waals surface area contributed by atoms with Gasteiger partial charge in [-0.15, -0.1) is 13.2 Å². The van der Waals surface area contributed by atoms with Gasteiger partial charge in [-0.1, -0.05) is 0 Å². The Labute approximate surface area is 100 Å². The van der Waals surface area contributed by atoms with Gasteiger partial charge in [0.1, 0.15) is 0 Å². The summed E-state index contributed by atoms with van der Waals surface area (Å²) in [5.74, 6) is -1.88. The number of pyridine rings is 1. The zero-order chi connectivity index (χ0) is 13.9. The van der Waals surface area contributed by atoms with Crippen LogP contribution in [-0.2, 0) is 17.8 Å². The first-order valence-corrected chi connectivity index (χ1v) is 4.89. The van der Waals surface area contributed by atoms with Gasteiger partial charge in [0, 0.05) is 18.3 Å². The van der Waals surface area contributed by atoms with Gasteiger partial charge in [0.05, 0.1) is 12.1 Å². The average molecular weight is 264 g/mol. The summed E-state index contributed by atoms with van der Waals surface area (Å²) in [6.45, 7) is 1.17. The highest BCUT2D eigenvalue weighted by Crippen LogP contribution is 2.31. The van der Waals surface area contributed by atoms with Crippen molar-refractivity contribution in [1.29, 1.82) is 0 Å². The van der Waals surface area contributed by atoms with E-state index in [2.05, 4.69) is 9.72 Å². The molecule has 0 radical (unpaired) electrons. The SMILES string of the molecule is Cc1cnc(CN)c(OC(F)(F)F)c1CC(=O)O. The molecule has 0 amide bonds. The lowest BCUT2D eigenvalue weighted by Gasteiger charge is -2.16. The second kappa shape index (κ2) is 5.21. The predicted molar refractivity (Wildman–Crippen MR) is 54.9 cm³/mol. The maximum Gasteiger partial charge on any atom is 0.573 e. The summed E-state index contributed by atoms with van der Waals surface area (Å²) in [7, 11) is 0. The fourth-order valence-electron chi connectivity index (χ4n) is 1.42. The van der Waals surface area contributed by atoms with Crippen LogP contribution in [0.1, 0.15) is 16.8 Å². The van der Waals surface area contributed by atoms with Gasteiger partial charge >= 0.3 is 12.3 Å². The van der Waals surface area contributed by atoms with E-state index in [4.69, 9.17) is 10.8 Å². The lowest BCUT2D eigenvalue weighted by atomic mass is 10.1. The molecule has 0 bridgehead atoms. The van der Waals surface area contributed by atoms with Gasteiger partial charge in [0.2, 0.25) is 0 Å². The molecule has 0 aliphatic heterocycles. The Morgan fingerprint density at radius 3 is 2.61 bits per heavy atom. The van der Waals surface area contributed by atoms with Crippen LogP contribution < -0.4 is 10.5 Å². The number of alkyl halides is 3. The molecule has 1 aromatic heterocycles. The summed E-state index contributed by atoms with van der Waals surface area (Å²) in [6.07, 6.45) is -4.25. The van der Waals surface area contributed by atoms with Gasteiger partial charge in [0.15, 0.2) is 5.75 Å². The number of nitrogens with zero attached hydrogens (tertiary/aromatic N) is 1. The van der Waals surface area contributed by atoms with E-state index >= 15 is 0 Å². The molecule has 1 aromatic rings. The quantitative estimate of drug-likeness (QED) is 0.857. The monoisotopic (exact) mass is 264 g/mol. The molecule has 8 heteroatoms. The topological polar surface area (TPSA) is 85.4 Å². The molecule has 100 valence electrons. The van der Waals surface area contributed by atoms with Crippen molar-refractivity contribution < 1.29 is 27.8 Å². The first-order valence-electron chi connectivity index (χ1n) is 4.89. The van der Waals surface area contributed by atoms with E-state index in [1.165, 1.54) is 13.1 Å². The molecule has 0 saturated heterocycles. The van der Waals surface area contributed by atoms with Crippen LogP contribution in [0.3, 0.4) is 0 Å². The summed E-state index contributed by atoms with van der Waals surface area (Å²) in [5, 5.41) is 8.69. The van der Waals surface area contributed by atoms with Crippen molar-refractivity contribution in [3.63, 3.8) is 0 Å². The number of halogens is 3. The van der Waals surface area contributed by atoms with Crippen molar-refractivity contribution in [2.45, 2.75) is 26.3 Å². The number of aliphatic carboxylic acids is 1. The third-order valence-corrected chi connectivity index (χ3v) is 2.17. The Balaban J connectivity index is 3.31. The van der Waals surface area contributed by atoms with Crippen LogP contribution in [0.4, 0.5) is 13.2 Å². The summed E-state index contributed by atoms with van der Waals surface area (Å²) in [6, 6.07) is 0. The molecule has 0 unspecified atom stereocenters. The van der Waals surface area contributed by atoms with E-state index in [0.29, 0.717) is 5.56 Å². The van der Waals surface area contributed by atoms with E-state index < -0.39 is 24.5 Å². The average Bonchev–Trinajstić information content (AvgIpc) is 2.21. The molecule has 0 fully saturated rings. The van der Waals surface area contributed by atoms with Crippen LogP contribution >= 0.6 is 0 Å². The third-order valence-electron chi connectivity index (χ3n) is 2.17. The number of hydrogen-bond donors (Lipinski definition) is 2. The zero-order valence-electron chi connectivity index (χ0n) is 9.41. The van der Waals surface area contributed by atoms with Crippen LogP contribution in [0.15, 0.2) is 6.20 Å². The molecule has 0 aliphatic carbocycles. The van der Waals surface area contributed by atoms with Crippen molar-refractivity contribution in [1.82, 2.24) is 4.98 Å². The number of nitrogens with two attached hydrogens (primary N) is 1. The predicted octanol–water partition coefficient (Wildman–Crippen LogP) is 1.37. The minimum absolute atomic E-state index is 0.0738. The van der Waals surface area contributed by atoms with E-state index in [9.17, 15) is 18.0 Å². The fourth-order valence-corrected chi connectivity index (χ4v) is 1.42. The summed E-state index contributed by atoms with van der Waals surface area (Å²) in [4.78, 5) is 14.4.